The molecule has 0 heterocycles. The third kappa shape index (κ3) is 32.9. The summed E-state index contributed by atoms with van der Waals surface area (Å²) in [7, 11) is -5.46. The minimum Gasteiger partial charge on any atom is -0.481 e. The van der Waals surface area contributed by atoms with Crippen molar-refractivity contribution in [2.75, 3.05) is 37.2 Å². The summed E-state index contributed by atoms with van der Waals surface area (Å²) < 4.78 is 16.6. The van der Waals surface area contributed by atoms with E-state index in [0.717, 1.165) is 0 Å². The molecule has 32 nitrogen and oxygen atoms in total. The summed E-state index contributed by atoms with van der Waals surface area (Å²) in [5.41, 5.74) is 17.2. The van der Waals surface area contributed by atoms with Gasteiger partial charge in [-0.05, 0) is 92.9 Å². The normalized spacial score (nSPS) is 14.8. The van der Waals surface area contributed by atoms with Crippen molar-refractivity contribution >= 4 is 108 Å². The van der Waals surface area contributed by atoms with E-state index in [0.29, 0.717) is 24.9 Å². The third-order valence-electron chi connectivity index (χ3n) is 12.7. The average molecular weight is 1310 g/mol. The van der Waals surface area contributed by atoms with Crippen LogP contribution in [-0.2, 0) is 77.8 Å². The average Bonchev–Trinajstić information content (AvgIpc) is 3.03. The summed E-state index contributed by atoms with van der Waals surface area (Å²) in [6, 6.07) is -8.65. The van der Waals surface area contributed by atoms with Crippen LogP contribution in [0.2, 0.25) is 0 Å². The van der Waals surface area contributed by atoms with Gasteiger partial charge in [0.1, 0.15) is 54.4 Å². The van der Waals surface area contributed by atoms with Gasteiger partial charge in [-0.1, -0.05) is 64.4 Å². The Morgan fingerprint density at radius 1 is 0.511 bits per heavy atom. The number of phosphoric acid groups is 1. The summed E-state index contributed by atoms with van der Waals surface area (Å²) in [4.78, 5) is 192. The number of benzene rings is 1. The topological polar surface area (TPSA) is 536 Å². The number of carbonyl (C=O) groups is 13. The molecule has 0 saturated carbocycles. The number of unbranched alkanes of at least 4 members (excludes halogenated alkanes) is 1. The van der Waals surface area contributed by atoms with Crippen LogP contribution < -0.4 is 65.1 Å². The van der Waals surface area contributed by atoms with Crippen LogP contribution in [0.3, 0.4) is 0 Å². The molecule has 0 aliphatic carbocycles. The molecule has 0 spiro atoms. The smallest absolute Gasteiger partial charge is 0.469 e. The first kappa shape index (κ1) is 79.1. The van der Waals surface area contributed by atoms with E-state index in [9.17, 15) is 92.0 Å². The fraction of sp³-hybridized carbons (Fsp3) is 0.642. The third-order valence-corrected chi connectivity index (χ3v) is 14.5. The number of thioether (sulfide) groups is 2. The molecule has 1 aromatic rings. The van der Waals surface area contributed by atoms with Gasteiger partial charge in [-0.3, -0.25) is 62.1 Å². The van der Waals surface area contributed by atoms with Crippen molar-refractivity contribution < 1.29 is 96.5 Å². The van der Waals surface area contributed by atoms with Gasteiger partial charge in [-0.2, -0.15) is 23.5 Å². The fourth-order valence-corrected chi connectivity index (χ4v) is 9.52. The van der Waals surface area contributed by atoms with Gasteiger partial charge in [0.05, 0.1) is 25.5 Å². The van der Waals surface area contributed by atoms with Crippen LogP contribution in [0.25, 0.3) is 0 Å². The van der Waals surface area contributed by atoms with E-state index in [1.54, 1.807) is 58.4 Å². The highest BCUT2D eigenvalue weighted by Crippen LogP contribution is 2.35. The lowest BCUT2D eigenvalue weighted by Gasteiger charge is -2.28. The van der Waals surface area contributed by atoms with Crippen LogP contribution in [0.15, 0.2) is 30.3 Å². The lowest BCUT2D eigenvalue weighted by atomic mass is 10.00. The SMILES string of the molecule is CSCC[C@H](NC(=O)[C@H](CC(=O)O)NC(=O)[C@H](CC(C)C)NC(=O)[C@H](Cc1ccccc1)NC(=O)[C@H](COP(=O)(O)O)NC(=O)[C@H](CC(=O)O)NC(=O)[C@H](CCSC)NC(=O)[C@@H](N)CCCCN)C(=O)N[C@@H](CCC(N)=O)C(=O)N[C@@H](CC(C)C)C(=O)O. The van der Waals surface area contributed by atoms with E-state index >= 15 is 0 Å². The van der Waals surface area contributed by atoms with E-state index in [1.165, 1.54) is 35.7 Å². The van der Waals surface area contributed by atoms with E-state index in [-0.39, 0.29) is 49.5 Å². The van der Waals surface area contributed by atoms with Crippen LogP contribution in [0.5, 0.6) is 0 Å². The van der Waals surface area contributed by atoms with Gasteiger partial charge >= 0.3 is 25.7 Å². The van der Waals surface area contributed by atoms with Gasteiger partial charge in [0.15, 0.2) is 0 Å². The Labute approximate surface area is 518 Å². The van der Waals surface area contributed by atoms with Crippen molar-refractivity contribution in [2.45, 2.75) is 165 Å². The highest BCUT2D eigenvalue weighted by molar-refractivity contribution is 7.98. The molecule has 0 bridgehead atoms. The second-order valence-electron chi connectivity index (χ2n) is 21.3. The predicted molar refractivity (Wildman–Crippen MR) is 322 cm³/mol. The lowest BCUT2D eigenvalue weighted by molar-refractivity contribution is -0.143. The molecule has 0 radical (unpaired) electrons. The molecule has 0 aliphatic rings. The first-order valence-corrected chi connectivity index (χ1v) is 32.4. The van der Waals surface area contributed by atoms with Crippen LogP contribution >= 0.6 is 31.3 Å². The summed E-state index contributed by atoms with van der Waals surface area (Å²) in [5, 5.41) is 50.5. The summed E-state index contributed by atoms with van der Waals surface area (Å²) in [6.07, 6.45) is 0.785. The van der Waals surface area contributed by atoms with Crippen molar-refractivity contribution in [1.82, 2.24) is 47.9 Å². The van der Waals surface area contributed by atoms with E-state index < -0.39 is 190 Å². The Hall–Kier alpha value is -6.94. The Morgan fingerprint density at radius 3 is 1.32 bits per heavy atom. The van der Waals surface area contributed by atoms with Crippen molar-refractivity contribution in [2.24, 2.45) is 29.0 Å². The summed E-state index contributed by atoms with van der Waals surface area (Å²) in [6.45, 7) is 5.69. The zero-order chi connectivity index (χ0) is 66.8. The van der Waals surface area contributed by atoms with E-state index in [4.69, 9.17) is 17.2 Å². The quantitative estimate of drug-likeness (QED) is 0.0229. The molecular formula is C53H87N12O20PS2. The van der Waals surface area contributed by atoms with E-state index in [1.807, 2.05) is 0 Å². The van der Waals surface area contributed by atoms with Gasteiger partial charge in [-0.25, -0.2) is 9.36 Å². The molecule has 10 amide bonds. The standard InChI is InChI=1S/C53H87N12O20PS2/c1-28(2)22-35(48(75)63-37(25-42(67)68)50(77)59-34(18-21-88-6)46(73)58-32(15-16-41(56)66)45(72)64-39(53(80)81)23-29(3)4)60-49(76)36(24-30-12-8-7-9-13-30)61-52(79)40(27-85-86(82,83)84)65-51(78)38(26-43(69)70)62-47(74)33(17-20-87-5)57-44(71)31(55)14-10-11-19-54/h7-9,12-13,28-29,31-40H,10-11,14-27,54-55H2,1-6H3,(H2,56,66)(H,57,71)(H,58,73)(H,59,77)(H,60,76)(H,61,79)(H,62,74)(H,63,75)(H,64,72)(H,65,78)(H,67,68)(H,69,70)(H,80,81)(H2,82,83,84)/t31-,32-,33-,34-,35-,36-,37-,38-,39-,40-/m0/s1. The second-order valence-corrected chi connectivity index (χ2v) is 24.5. The number of phosphoric ester groups is 1. The minimum atomic E-state index is -5.46. The first-order chi connectivity index (χ1) is 41.2. The van der Waals surface area contributed by atoms with Gasteiger partial charge in [-0.15, -0.1) is 0 Å². The number of carboxylic acid groups (broad SMARTS) is 3. The molecule has 88 heavy (non-hydrogen) atoms. The molecule has 0 aliphatic heterocycles. The largest absolute Gasteiger partial charge is 0.481 e. The zero-order valence-electron chi connectivity index (χ0n) is 50.0. The molecule has 1 rings (SSSR count). The number of nitrogens with one attached hydrogen (secondary N) is 9. The number of primary amides is 1. The fourth-order valence-electron chi connectivity index (χ4n) is 8.24. The number of nitrogens with two attached hydrogens (primary N) is 3. The highest BCUT2D eigenvalue weighted by Gasteiger charge is 2.38. The minimum absolute atomic E-state index is 0.00246. The number of amides is 10. The maximum Gasteiger partial charge on any atom is 0.469 e. The van der Waals surface area contributed by atoms with Crippen molar-refractivity contribution in [3.05, 3.63) is 35.9 Å². The van der Waals surface area contributed by atoms with Crippen LogP contribution in [0.4, 0.5) is 0 Å². The van der Waals surface area contributed by atoms with Gasteiger partial charge in [0, 0.05) is 12.8 Å². The van der Waals surface area contributed by atoms with Crippen molar-refractivity contribution in [1.29, 1.82) is 0 Å². The molecule has 0 fully saturated rings. The summed E-state index contributed by atoms with van der Waals surface area (Å²) in [5.74, 6) is -15.7. The Kier molecular flexibility index (Phi) is 37.1. The van der Waals surface area contributed by atoms with Crippen LogP contribution in [0.1, 0.15) is 104 Å². The zero-order valence-corrected chi connectivity index (χ0v) is 52.5. The van der Waals surface area contributed by atoms with Crippen molar-refractivity contribution in [3.8, 4) is 0 Å². The lowest BCUT2D eigenvalue weighted by Crippen LogP contribution is -2.61. The van der Waals surface area contributed by atoms with Crippen molar-refractivity contribution in [3.63, 3.8) is 0 Å². The highest BCUT2D eigenvalue weighted by atomic mass is 32.2. The van der Waals surface area contributed by atoms with Gasteiger partial charge in [0.25, 0.3) is 0 Å². The maximum atomic E-state index is 14.5. The first-order valence-electron chi connectivity index (χ1n) is 28.1. The van der Waals surface area contributed by atoms with Gasteiger partial charge in [0.2, 0.25) is 59.1 Å². The summed E-state index contributed by atoms with van der Waals surface area (Å²) >= 11 is 2.52. The number of hydrogen-bond acceptors (Lipinski definition) is 19. The monoisotopic (exact) mass is 1310 g/mol. The Morgan fingerprint density at radius 2 is 0.886 bits per heavy atom. The Balaban J connectivity index is 3.71. The predicted octanol–water partition coefficient (Wildman–Crippen LogP) is -2.94. The molecule has 10 atom stereocenters. The molecule has 0 aromatic heterocycles. The molecule has 1 aromatic carbocycles. The number of hydrogen-bond donors (Lipinski definition) is 17. The van der Waals surface area contributed by atoms with Crippen LogP contribution in [0, 0.1) is 11.8 Å². The number of aliphatic carboxylic acids is 3. The molecule has 496 valence electrons. The van der Waals surface area contributed by atoms with E-state index in [2.05, 4.69) is 52.4 Å². The number of carbonyl (C=O) groups excluding carboxylic acids is 10. The molecule has 20 N–H and O–H groups in total. The number of rotatable bonds is 45. The second kappa shape index (κ2) is 41.3. The molecule has 0 saturated heterocycles. The van der Waals surface area contributed by atoms with Crippen LogP contribution in [-0.4, -0.2) is 200 Å². The molecule has 0 unspecified atom stereocenters. The molecular weight excluding hydrogens is 1220 g/mol. The number of carboxylic acids is 3. The maximum absolute atomic E-state index is 14.5. The Bertz CT molecular complexity index is 2570. The van der Waals surface area contributed by atoms with Gasteiger partial charge < -0.3 is 90.2 Å². The molecule has 35 heteroatoms.